The van der Waals surface area contributed by atoms with Gasteiger partial charge in [-0.15, -0.1) is 0 Å². The lowest BCUT2D eigenvalue weighted by Crippen LogP contribution is -2.21. The molecule has 5 rings (SSSR count). The van der Waals surface area contributed by atoms with Crippen LogP contribution < -0.4 is 0 Å². The fraction of sp³-hybridized carbons (Fsp3) is 0.211. The molecule has 0 radical (unpaired) electrons. The molecule has 22 heavy (non-hydrogen) atoms. The number of imidazole rings is 1. The Morgan fingerprint density at radius 2 is 1.77 bits per heavy atom. The Hall–Kier alpha value is -2.39. The maximum atomic E-state index is 10.9. The molecule has 3 heteroatoms. The van der Waals surface area contributed by atoms with E-state index in [9.17, 15) is 5.11 Å². The van der Waals surface area contributed by atoms with Crippen LogP contribution in [0.4, 0.5) is 0 Å². The first kappa shape index (κ1) is 12.2. The fourth-order valence-electron chi connectivity index (χ4n) is 4.20. The number of nitrogens with zero attached hydrogens (tertiary/aromatic N) is 2. The van der Waals surface area contributed by atoms with E-state index in [1.54, 1.807) is 0 Å². The van der Waals surface area contributed by atoms with Gasteiger partial charge in [0.1, 0.15) is 0 Å². The SMILES string of the molecule is OC1c2ccccc2CC1C1c2ccccc2-c2cncn21. The Balaban J connectivity index is 1.66. The van der Waals surface area contributed by atoms with Crippen molar-refractivity contribution in [3.63, 3.8) is 0 Å². The third kappa shape index (κ3) is 1.46. The summed E-state index contributed by atoms with van der Waals surface area (Å²) in [6.45, 7) is 0. The maximum Gasteiger partial charge on any atom is 0.0956 e. The highest BCUT2D eigenvalue weighted by atomic mass is 16.3. The van der Waals surface area contributed by atoms with E-state index in [-0.39, 0.29) is 12.0 Å². The zero-order valence-electron chi connectivity index (χ0n) is 12.1. The number of rotatable bonds is 1. The summed E-state index contributed by atoms with van der Waals surface area (Å²) in [7, 11) is 0. The van der Waals surface area contributed by atoms with E-state index in [0.717, 1.165) is 17.7 Å². The number of aromatic nitrogens is 2. The summed E-state index contributed by atoms with van der Waals surface area (Å²) >= 11 is 0. The van der Waals surface area contributed by atoms with Crippen molar-refractivity contribution in [3.8, 4) is 11.3 Å². The zero-order chi connectivity index (χ0) is 14.7. The average molecular weight is 288 g/mol. The van der Waals surface area contributed by atoms with E-state index < -0.39 is 6.10 Å². The molecule has 1 aliphatic carbocycles. The van der Waals surface area contributed by atoms with Gasteiger partial charge in [0.15, 0.2) is 0 Å². The number of hydrogen-bond acceptors (Lipinski definition) is 2. The Morgan fingerprint density at radius 3 is 2.64 bits per heavy atom. The molecule has 0 amide bonds. The van der Waals surface area contributed by atoms with Gasteiger partial charge in [0.25, 0.3) is 0 Å². The van der Waals surface area contributed by atoms with Crippen LogP contribution in [0.5, 0.6) is 0 Å². The maximum absolute atomic E-state index is 10.9. The summed E-state index contributed by atoms with van der Waals surface area (Å²) in [6.07, 6.45) is 4.32. The minimum Gasteiger partial charge on any atom is -0.388 e. The van der Waals surface area contributed by atoms with E-state index in [2.05, 4.69) is 52.0 Å². The van der Waals surface area contributed by atoms with Crippen LogP contribution in [0.1, 0.15) is 28.8 Å². The molecule has 0 saturated carbocycles. The first-order chi connectivity index (χ1) is 10.8. The van der Waals surface area contributed by atoms with Gasteiger partial charge in [0.05, 0.1) is 30.4 Å². The Bertz CT molecular complexity index is 867. The van der Waals surface area contributed by atoms with Crippen molar-refractivity contribution in [2.45, 2.75) is 18.6 Å². The number of fused-ring (bicyclic) bond motifs is 4. The third-order valence-corrected chi connectivity index (χ3v) is 5.16. The molecule has 0 spiro atoms. The predicted octanol–water partition coefficient (Wildman–Crippen LogP) is 3.36. The molecule has 0 saturated heterocycles. The molecule has 1 aliphatic heterocycles. The highest BCUT2D eigenvalue weighted by Gasteiger charge is 2.41. The summed E-state index contributed by atoms with van der Waals surface area (Å²) in [5.74, 6) is 0.161. The minimum absolute atomic E-state index is 0.161. The van der Waals surface area contributed by atoms with Gasteiger partial charge in [-0.05, 0) is 23.1 Å². The second-order valence-electron chi connectivity index (χ2n) is 6.23. The summed E-state index contributed by atoms with van der Waals surface area (Å²) in [4.78, 5) is 4.32. The molecule has 0 fully saturated rings. The topological polar surface area (TPSA) is 38.1 Å². The van der Waals surface area contributed by atoms with Gasteiger partial charge in [0, 0.05) is 11.5 Å². The lowest BCUT2D eigenvalue weighted by atomic mass is 9.88. The molecule has 2 aliphatic rings. The lowest BCUT2D eigenvalue weighted by Gasteiger charge is -2.25. The Kier molecular flexibility index (Phi) is 2.38. The van der Waals surface area contributed by atoms with Crippen LogP contribution in [-0.4, -0.2) is 14.7 Å². The summed E-state index contributed by atoms with van der Waals surface area (Å²) < 4.78 is 2.23. The standard InChI is InChI=1S/C19H16N2O/c22-19-13-6-2-1-5-12(13)9-16(19)18-15-8-4-3-7-14(15)17-10-20-11-21(17)18/h1-8,10-11,16,18-19,22H,9H2. The Morgan fingerprint density at radius 1 is 1.00 bits per heavy atom. The zero-order valence-corrected chi connectivity index (χ0v) is 12.1. The molecule has 2 heterocycles. The fourth-order valence-corrected chi connectivity index (χ4v) is 4.20. The van der Waals surface area contributed by atoms with Crippen LogP contribution in [0.2, 0.25) is 0 Å². The van der Waals surface area contributed by atoms with Crippen molar-refractivity contribution in [2.24, 2.45) is 5.92 Å². The number of benzene rings is 2. The van der Waals surface area contributed by atoms with Gasteiger partial charge in [0.2, 0.25) is 0 Å². The van der Waals surface area contributed by atoms with Crippen LogP contribution in [-0.2, 0) is 6.42 Å². The van der Waals surface area contributed by atoms with E-state index in [1.807, 2.05) is 18.6 Å². The summed E-state index contributed by atoms with van der Waals surface area (Å²) in [5, 5.41) is 10.9. The second-order valence-corrected chi connectivity index (χ2v) is 6.23. The van der Waals surface area contributed by atoms with Crippen LogP contribution in [0, 0.1) is 5.92 Å². The molecule has 3 atom stereocenters. The van der Waals surface area contributed by atoms with E-state index in [4.69, 9.17) is 0 Å². The van der Waals surface area contributed by atoms with Gasteiger partial charge < -0.3 is 9.67 Å². The highest BCUT2D eigenvalue weighted by molar-refractivity contribution is 5.69. The summed E-state index contributed by atoms with van der Waals surface area (Å²) in [5.41, 5.74) is 6.05. The smallest absolute Gasteiger partial charge is 0.0956 e. The normalized spacial score (nSPS) is 24.9. The van der Waals surface area contributed by atoms with E-state index >= 15 is 0 Å². The largest absolute Gasteiger partial charge is 0.388 e. The van der Waals surface area contributed by atoms with Gasteiger partial charge in [-0.25, -0.2) is 4.98 Å². The first-order valence-corrected chi connectivity index (χ1v) is 7.71. The van der Waals surface area contributed by atoms with Crippen molar-refractivity contribution in [3.05, 3.63) is 77.7 Å². The molecule has 1 aromatic heterocycles. The average Bonchev–Trinajstić information content (AvgIpc) is 3.21. The number of aliphatic hydroxyl groups excluding tert-OH is 1. The van der Waals surface area contributed by atoms with Crippen LogP contribution in [0.25, 0.3) is 11.3 Å². The third-order valence-electron chi connectivity index (χ3n) is 5.16. The molecule has 0 bridgehead atoms. The molecule has 3 unspecified atom stereocenters. The van der Waals surface area contributed by atoms with Crippen molar-refractivity contribution in [2.75, 3.05) is 0 Å². The molecular formula is C19H16N2O. The molecule has 1 N–H and O–H groups in total. The number of aliphatic hydroxyl groups is 1. The second kappa shape index (κ2) is 4.31. The molecule has 3 nitrogen and oxygen atoms in total. The van der Waals surface area contributed by atoms with Gasteiger partial charge in [-0.1, -0.05) is 48.5 Å². The predicted molar refractivity (Wildman–Crippen MR) is 84.4 cm³/mol. The van der Waals surface area contributed by atoms with Crippen molar-refractivity contribution in [1.82, 2.24) is 9.55 Å². The lowest BCUT2D eigenvalue weighted by molar-refractivity contribution is 0.102. The minimum atomic E-state index is -0.414. The van der Waals surface area contributed by atoms with Crippen molar-refractivity contribution < 1.29 is 5.11 Å². The molecule has 108 valence electrons. The quantitative estimate of drug-likeness (QED) is 0.745. The van der Waals surface area contributed by atoms with Crippen LogP contribution in [0.15, 0.2) is 61.1 Å². The van der Waals surface area contributed by atoms with Gasteiger partial charge >= 0.3 is 0 Å². The van der Waals surface area contributed by atoms with Gasteiger partial charge in [-0.3, -0.25) is 0 Å². The number of hydrogen-bond donors (Lipinski definition) is 1. The highest BCUT2D eigenvalue weighted by Crippen LogP contribution is 2.50. The Labute approximate surface area is 128 Å². The van der Waals surface area contributed by atoms with Crippen molar-refractivity contribution in [1.29, 1.82) is 0 Å². The van der Waals surface area contributed by atoms with Crippen LogP contribution >= 0.6 is 0 Å². The first-order valence-electron chi connectivity index (χ1n) is 7.71. The van der Waals surface area contributed by atoms with Crippen molar-refractivity contribution >= 4 is 0 Å². The molecular weight excluding hydrogens is 272 g/mol. The van der Waals surface area contributed by atoms with E-state index in [1.165, 1.54) is 16.7 Å². The van der Waals surface area contributed by atoms with Crippen LogP contribution in [0.3, 0.4) is 0 Å². The molecule has 2 aromatic carbocycles. The summed E-state index contributed by atoms with van der Waals surface area (Å²) in [6, 6.07) is 16.9. The van der Waals surface area contributed by atoms with Gasteiger partial charge in [-0.2, -0.15) is 0 Å². The van der Waals surface area contributed by atoms with E-state index in [0.29, 0.717) is 0 Å². The molecule has 3 aromatic rings. The monoisotopic (exact) mass is 288 g/mol.